The van der Waals surface area contributed by atoms with Gasteiger partial charge in [-0.2, -0.15) is 8.42 Å². The van der Waals surface area contributed by atoms with Crippen molar-refractivity contribution < 1.29 is 50.4 Å². The van der Waals surface area contributed by atoms with E-state index in [1.165, 1.54) is 0 Å². The van der Waals surface area contributed by atoms with Crippen LogP contribution in [0.3, 0.4) is 0 Å². The van der Waals surface area contributed by atoms with E-state index in [0.717, 1.165) is 0 Å². The molecule has 0 saturated carbocycles. The Balaban J connectivity index is -0.0000000457. The van der Waals surface area contributed by atoms with Gasteiger partial charge in [0.2, 0.25) is 0 Å². The average Bonchev–Trinajstić information content (AvgIpc) is 1.12. The van der Waals surface area contributed by atoms with Crippen molar-refractivity contribution in [1.29, 1.82) is 0 Å². The van der Waals surface area contributed by atoms with Gasteiger partial charge >= 0.3 is 130 Å². The molecule has 0 aromatic heterocycles. The first-order chi connectivity index (χ1) is 4.00. The Morgan fingerprint density at radius 3 is 0.917 bits per heavy atom. The third-order valence-electron chi connectivity index (χ3n) is 0. The summed E-state index contributed by atoms with van der Waals surface area (Å²) >= 11 is -5.00. The molecule has 0 rings (SSSR count). The van der Waals surface area contributed by atoms with Crippen LogP contribution in [0.1, 0.15) is 0 Å². The van der Waals surface area contributed by atoms with Crippen molar-refractivity contribution >= 4 is 97.0 Å². The van der Waals surface area contributed by atoms with Gasteiger partial charge in [-0.3, -0.25) is 9.11 Å². The summed E-state index contributed by atoms with van der Waals surface area (Å²) in [5.74, 6) is 0. The van der Waals surface area contributed by atoms with E-state index in [-0.39, 0.29) is 86.6 Å². The Bertz CT molecular complexity index is 154. The molecule has 0 aromatic carbocycles. The monoisotopic (exact) mass is 396 g/mol. The summed E-state index contributed by atoms with van der Waals surface area (Å²) < 4.78 is 61.1. The van der Waals surface area contributed by atoms with Crippen molar-refractivity contribution in [3.8, 4) is 0 Å². The van der Waals surface area contributed by atoms with Gasteiger partial charge in [-0.25, -0.2) is 0 Å². The van der Waals surface area contributed by atoms with Crippen molar-refractivity contribution in [2.45, 2.75) is 0 Å². The standard InChI is InChI=1S/Ba.Ca.H2O4S.4H2O.Ti.4H/c;;1-5(2,3)4;;;;;;;;;/h;;(H2,1,2,3,4);4*1H2;;;;;/q;;;;;;;+4;;;;/p-4. The summed E-state index contributed by atoms with van der Waals surface area (Å²) in [5, 5.41) is 0. The molecule has 0 bridgehead atoms. The van der Waals surface area contributed by atoms with Crippen LogP contribution in [0.15, 0.2) is 0 Å². The molecule has 6 N–H and O–H groups in total. The zero-order chi connectivity index (χ0) is 9.00. The predicted molar refractivity (Wildman–Crippen MR) is 40.1 cm³/mol. The first-order valence-electron chi connectivity index (χ1n) is 1.59. The zero-order valence-electron chi connectivity index (χ0n) is 4.41. The first-order valence-corrected chi connectivity index (χ1v) is 5.78. The normalized spacial score (nSPS) is 9.83. The fraction of sp³-hybridized carbons (Fsp3) is 0. The number of hydrogen-bond donors (Lipinski definition) is 6. The molecule has 0 aliphatic carbocycles. The quantitative estimate of drug-likeness (QED) is 0.177. The second-order valence-electron chi connectivity index (χ2n) is 1.05. The average molecular weight is 395 g/mol. The zero-order valence-corrected chi connectivity index (χ0v) is 6.79. The van der Waals surface area contributed by atoms with Gasteiger partial charge in [0.15, 0.2) is 0 Å². The summed E-state index contributed by atoms with van der Waals surface area (Å²) in [5.41, 5.74) is 0. The maximum atomic E-state index is 8.74. The van der Waals surface area contributed by atoms with Gasteiger partial charge < -0.3 is 0 Å². The van der Waals surface area contributed by atoms with Crippen LogP contribution < -0.4 is 0 Å². The Hall–Kier alpha value is 3.26. The molecule has 0 atom stereocenters. The van der Waals surface area contributed by atoms with E-state index < -0.39 is 28.5 Å². The Morgan fingerprint density at radius 1 is 0.917 bits per heavy atom. The number of hydrogen-bond acceptors (Lipinski definition) is 6. The van der Waals surface area contributed by atoms with Gasteiger partial charge in [0.1, 0.15) is 0 Å². The fourth-order valence-corrected chi connectivity index (χ4v) is 0. The van der Waals surface area contributed by atoms with E-state index in [1.54, 1.807) is 0 Å². The van der Waals surface area contributed by atoms with Crippen LogP contribution in [0.25, 0.3) is 0 Å². The third-order valence-corrected chi connectivity index (χ3v) is 0. The minimum atomic E-state index is -5.00. The van der Waals surface area contributed by atoms with Gasteiger partial charge in [-0.1, -0.05) is 0 Å². The van der Waals surface area contributed by atoms with Crippen molar-refractivity contribution in [3.63, 3.8) is 0 Å². The van der Waals surface area contributed by atoms with E-state index in [4.69, 9.17) is 32.3 Å². The van der Waals surface area contributed by atoms with Gasteiger partial charge in [-0.15, -0.1) is 0 Å². The topological polar surface area (TPSA) is 156 Å². The molecule has 8 nitrogen and oxygen atoms in total. The van der Waals surface area contributed by atoms with Gasteiger partial charge in [-0.05, 0) is 0 Å². The molecule has 0 amide bonds. The Morgan fingerprint density at radius 2 is 0.917 bits per heavy atom. The van der Waals surface area contributed by atoms with E-state index in [0.29, 0.717) is 0 Å². The van der Waals surface area contributed by atoms with Crippen LogP contribution >= 0.6 is 0 Å². The SMILES string of the molecule is O=S(=O)(O)O.[BaH2].[CaH2].[OH][Ti]([OH])([OH])[OH]. The summed E-state index contributed by atoms with van der Waals surface area (Å²) in [7, 11) is -4.67. The van der Waals surface area contributed by atoms with Crippen molar-refractivity contribution in [2.24, 2.45) is 0 Å². The first kappa shape index (κ1) is 24.5. The van der Waals surface area contributed by atoms with Crippen LogP contribution in [0.5, 0.6) is 0 Å². The van der Waals surface area contributed by atoms with Gasteiger partial charge in [0.05, 0.1) is 0 Å². The summed E-state index contributed by atoms with van der Waals surface area (Å²) in [6.07, 6.45) is 0. The van der Waals surface area contributed by atoms with Crippen LogP contribution in [0.2, 0.25) is 0 Å². The molecule has 0 heterocycles. The van der Waals surface area contributed by atoms with E-state index in [2.05, 4.69) is 0 Å². The molecular formula is H10BaCaO8STi. The van der Waals surface area contributed by atoms with E-state index >= 15 is 0 Å². The predicted octanol–water partition coefficient (Wildman–Crippen LogP) is -4.72. The van der Waals surface area contributed by atoms with Crippen LogP contribution in [-0.4, -0.2) is 119 Å². The minimum absolute atomic E-state index is 0. The van der Waals surface area contributed by atoms with E-state index in [9.17, 15) is 0 Å². The van der Waals surface area contributed by atoms with Crippen LogP contribution in [0, 0.1) is 0 Å². The van der Waals surface area contributed by atoms with Crippen molar-refractivity contribution in [2.75, 3.05) is 0 Å². The molecular weight excluding hydrogens is 385 g/mol. The van der Waals surface area contributed by atoms with E-state index in [1.807, 2.05) is 0 Å². The summed E-state index contributed by atoms with van der Waals surface area (Å²) in [6, 6.07) is 0. The molecule has 0 aliphatic heterocycles. The molecule has 0 saturated heterocycles. The molecule has 0 radical (unpaired) electrons. The van der Waals surface area contributed by atoms with Crippen LogP contribution in [-0.2, 0) is 28.5 Å². The molecule has 12 heteroatoms. The van der Waals surface area contributed by atoms with Gasteiger partial charge in [0.25, 0.3) is 0 Å². The second-order valence-corrected chi connectivity index (χ2v) is 3.82. The van der Waals surface area contributed by atoms with Crippen LogP contribution in [0.4, 0.5) is 0 Å². The summed E-state index contributed by atoms with van der Waals surface area (Å²) in [6.45, 7) is 0. The second kappa shape index (κ2) is 10.8. The molecule has 0 aromatic rings. The molecule has 0 unspecified atom stereocenters. The Labute approximate surface area is 144 Å². The van der Waals surface area contributed by atoms with Crippen molar-refractivity contribution in [1.82, 2.24) is 0 Å². The molecule has 0 spiro atoms. The fourth-order valence-electron chi connectivity index (χ4n) is 0. The number of rotatable bonds is 0. The molecule has 0 aliphatic rings. The molecule has 0 fully saturated rings. The third kappa shape index (κ3) is 188. The Kier molecular flexibility index (Phi) is 21.9. The molecule has 12 heavy (non-hydrogen) atoms. The van der Waals surface area contributed by atoms with Gasteiger partial charge in [0, 0.05) is 0 Å². The summed E-state index contributed by atoms with van der Waals surface area (Å²) in [4.78, 5) is 0. The molecule has 72 valence electrons. The maximum absolute atomic E-state index is 8.74. The van der Waals surface area contributed by atoms with Crippen molar-refractivity contribution in [3.05, 3.63) is 0 Å².